The van der Waals surface area contributed by atoms with Crippen molar-refractivity contribution in [2.45, 2.75) is 6.04 Å². The van der Waals surface area contributed by atoms with Crippen LogP contribution in [0.15, 0.2) is 109 Å². The highest BCUT2D eigenvalue weighted by atomic mass is 16.5. The van der Waals surface area contributed by atoms with E-state index in [2.05, 4.69) is 46.7 Å². The third kappa shape index (κ3) is 4.17. The van der Waals surface area contributed by atoms with Crippen LogP contribution in [0, 0.1) is 23.0 Å². The summed E-state index contributed by atoms with van der Waals surface area (Å²) in [5.41, 5.74) is 3.21. The molecule has 0 radical (unpaired) electrons. The number of benzene rings is 5. The van der Waals surface area contributed by atoms with Crippen molar-refractivity contribution in [3.05, 3.63) is 120 Å². The molecule has 0 amide bonds. The number of ether oxygens (including phenoxy) is 2. The maximum absolute atomic E-state index is 9.56. The summed E-state index contributed by atoms with van der Waals surface area (Å²) in [6.45, 7) is 0. The smallest absolute Gasteiger partial charge is 0.292 e. The summed E-state index contributed by atoms with van der Waals surface area (Å²) in [6, 6.07) is 33.4. The van der Waals surface area contributed by atoms with E-state index in [-0.39, 0.29) is 0 Å². The van der Waals surface area contributed by atoms with Crippen LogP contribution in [0.4, 0.5) is 5.69 Å². The maximum Gasteiger partial charge on any atom is 0.292 e. The quantitative estimate of drug-likeness (QED) is 0.192. The summed E-state index contributed by atoms with van der Waals surface area (Å²) < 4.78 is 10.5. The van der Waals surface area contributed by atoms with Gasteiger partial charge in [-0.15, -0.1) is 10.5 Å². The van der Waals surface area contributed by atoms with Crippen molar-refractivity contribution in [3.8, 4) is 24.0 Å². The van der Waals surface area contributed by atoms with Crippen LogP contribution in [0.5, 0.6) is 11.5 Å². The summed E-state index contributed by atoms with van der Waals surface area (Å²) in [5, 5.41) is 27.4. The van der Waals surface area contributed by atoms with Gasteiger partial charge < -0.3 is 14.8 Å². The molecule has 0 aliphatic carbocycles. The minimum Gasteiger partial charge on any atom is -0.388 e. The van der Waals surface area contributed by atoms with Crippen LogP contribution >= 0.6 is 0 Å². The minimum atomic E-state index is -0.391. The Balaban J connectivity index is 1.59. The third-order valence-corrected chi connectivity index (χ3v) is 6.64. The monoisotopic (exact) mass is 492 g/mol. The number of rotatable bonds is 6. The minimum absolute atomic E-state index is 0.391. The highest BCUT2D eigenvalue weighted by Crippen LogP contribution is 2.40. The molecule has 0 spiro atoms. The first-order valence-corrected chi connectivity index (χ1v) is 12.0. The molecule has 0 aliphatic rings. The largest absolute Gasteiger partial charge is 0.388 e. The van der Waals surface area contributed by atoms with Gasteiger partial charge in [-0.05, 0) is 69.6 Å². The number of hydrogen-bond acceptors (Lipinski definition) is 6. The van der Waals surface area contributed by atoms with Gasteiger partial charge in [-0.3, -0.25) is 4.98 Å². The highest BCUT2D eigenvalue weighted by molar-refractivity contribution is 6.00. The van der Waals surface area contributed by atoms with Gasteiger partial charge in [0, 0.05) is 22.8 Å². The molecule has 6 aromatic rings. The average Bonchev–Trinajstić information content (AvgIpc) is 2.96. The Labute approximate surface area is 218 Å². The normalized spacial score (nSPS) is 11.5. The SMILES string of the molecule is N#COc1ccc(NC(c2ccc3cccnc3c2OC#N)c2cccc3cc4ccccc4cc23)cc1. The zero-order chi connectivity index (χ0) is 25.9. The number of fused-ring (bicyclic) bond motifs is 3. The molecule has 0 saturated carbocycles. The van der Waals surface area contributed by atoms with Gasteiger partial charge in [-0.1, -0.05) is 60.7 Å². The second kappa shape index (κ2) is 9.81. The molecule has 0 aliphatic heterocycles. The number of nitrogens with one attached hydrogen (secondary N) is 1. The van der Waals surface area contributed by atoms with Crippen molar-refractivity contribution in [2.24, 2.45) is 0 Å². The Morgan fingerprint density at radius 2 is 1.39 bits per heavy atom. The van der Waals surface area contributed by atoms with Crippen LogP contribution in [0.2, 0.25) is 0 Å². The van der Waals surface area contributed by atoms with E-state index in [1.54, 1.807) is 24.6 Å². The van der Waals surface area contributed by atoms with Gasteiger partial charge in [0.25, 0.3) is 12.5 Å². The first-order chi connectivity index (χ1) is 18.7. The predicted octanol–water partition coefficient (Wildman–Crippen LogP) is 7.46. The molecule has 180 valence electrons. The van der Waals surface area contributed by atoms with Gasteiger partial charge in [0.05, 0.1) is 6.04 Å². The summed E-state index contributed by atoms with van der Waals surface area (Å²) in [7, 11) is 0. The fraction of sp³-hybridized carbons (Fsp3) is 0.0312. The van der Waals surface area contributed by atoms with E-state index in [0.717, 1.165) is 43.7 Å². The summed E-state index contributed by atoms with van der Waals surface area (Å²) in [4.78, 5) is 4.53. The summed E-state index contributed by atoms with van der Waals surface area (Å²) in [5.74, 6) is 0.861. The fourth-order valence-corrected chi connectivity index (χ4v) is 4.92. The Morgan fingerprint density at radius 3 is 2.18 bits per heavy atom. The van der Waals surface area contributed by atoms with E-state index in [9.17, 15) is 5.26 Å². The highest BCUT2D eigenvalue weighted by Gasteiger charge is 2.23. The van der Waals surface area contributed by atoms with Gasteiger partial charge in [0.15, 0.2) is 5.75 Å². The molecular weight excluding hydrogens is 472 g/mol. The Morgan fingerprint density at radius 1 is 0.658 bits per heavy atom. The average molecular weight is 493 g/mol. The molecule has 1 atom stereocenters. The van der Waals surface area contributed by atoms with Crippen molar-refractivity contribution < 1.29 is 9.47 Å². The van der Waals surface area contributed by atoms with Crippen molar-refractivity contribution in [3.63, 3.8) is 0 Å². The van der Waals surface area contributed by atoms with E-state index in [1.807, 2.05) is 60.9 Å². The predicted molar refractivity (Wildman–Crippen MR) is 148 cm³/mol. The molecule has 0 fully saturated rings. The number of nitrogens with zero attached hydrogens (tertiary/aromatic N) is 3. The zero-order valence-electron chi connectivity index (χ0n) is 20.1. The molecule has 1 aromatic heterocycles. The molecule has 1 N–H and O–H groups in total. The lowest BCUT2D eigenvalue weighted by molar-refractivity contribution is 0.503. The van der Waals surface area contributed by atoms with E-state index in [4.69, 9.17) is 14.7 Å². The third-order valence-electron chi connectivity index (χ3n) is 6.64. The zero-order valence-corrected chi connectivity index (χ0v) is 20.1. The number of aromatic nitrogens is 1. The maximum atomic E-state index is 9.56. The molecule has 6 nitrogen and oxygen atoms in total. The summed E-state index contributed by atoms with van der Waals surface area (Å²) >= 11 is 0. The molecule has 5 aromatic carbocycles. The molecule has 1 heterocycles. The lowest BCUT2D eigenvalue weighted by Gasteiger charge is -2.24. The molecule has 1 unspecified atom stereocenters. The molecule has 0 saturated heterocycles. The second-order valence-electron chi connectivity index (χ2n) is 8.82. The molecule has 6 rings (SSSR count). The van der Waals surface area contributed by atoms with Crippen LogP contribution < -0.4 is 14.8 Å². The summed E-state index contributed by atoms with van der Waals surface area (Å²) in [6.07, 6.45) is 5.24. The Hall–Kier alpha value is -5.59. The van der Waals surface area contributed by atoms with Crippen LogP contribution in [0.3, 0.4) is 0 Å². The Bertz CT molecular complexity index is 1890. The van der Waals surface area contributed by atoms with Gasteiger partial charge in [-0.25, -0.2) is 0 Å². The van der Waals surface area contributed by atoms with Gasteiger partial charge in [0.1, 0.15) is 11.3 Å². The van der Waals surface area contributed by atoms with E-state index in [0.29, 0.717) is 17.0 Å². The van der Waals surface area contributed by atoms with Crippen molar-refractivity contribution in [1.29, 1.82) is 10.5 Å². The number of pyridine rings is 1. The molecule has 0 bridgehead atoms. The van der Waals surface area contributed by atoms with E-state index < -0.39 is 6.04 Å². The van der Waals surface area contributed by atoms with Crippen LogP contribution in [0.25, 0.3) is 32.4 Å². The van der Waals surface area contributed by atoms with Gasteiger partial charge >= 0.3 is 0 Å². The van der Waals surface area contributed by atoms with Crippen LogP contribution in [-0.2, 0) is 0 Å². The second-order valence-corrected chi connectivity index (χ2v) is 8.82. The molecular formula is C32H20N4O2. The number of anilines is 1. The molecule has 6 heteroatoms. The van der Waals surface area contributed by atoms with Crippen LogP contribution in [0.1, 0.15) is 17.2 Å². The van der Waals surface area contributed by atoms with Gasteiger partial charge in [-0.2, -0.15) is 0 Å². The van der Waals surface area contributed by atoms with E-state index >= 15 is 0 Å². The fourth-order valence-electron chi connectivity index (χ4n) is 4.92. The topological polar surface area (TPSA) is 91.0 Å². The van der Waals surface area contributed by atoms with Crippen LogP contribution in [-0.4, -0.2) is 4.98 Å². The standard InChI is InChI=1S/C32H20N4O2/c33-19-37-26-13-11-25(12-14-26)36-31(28-15-10-21-8-4-16-35-30(21)32(28)38-20-34)27-9-3-7-24-17-22-5-1-2-6-23(22)18-29(24)27/h1-18,31,36H. The Kier molecular flexibility index (Phi) is 5.90. The van der Waals surface area contributed by atoms with Crippen molar-refractivity contribution in [1.82, 2.24) is 4.98 Å². The number of hydrogen-bond donors (Lipinski definition) is 1. The molecule has 38 heavy (non-hydrogen) atoms. The first-order valence-electron chi connectivity index (χ1n) is 12.0. The lowest BCUT2D eigenvalue weighted by Crippen LogP contribution is -2.14. The van der Waals surface area contributed by atoms with Gasteiger partial charge in [0.2, 0.25) is 0 Å². The number of nitriles is 2. The van der Waals surface area contributed by atoms with Crippen molar-refractivity contribution in [2.75, 3.05) is 5.32 Å². The first kappa shape index (κ1) is 22.8. The van der Waals surface area contributed by atoms with E-state index in [1.165, 1.54) is 0 Å². The van der Waals surface area contributed by atoms with Crippen molar-refractivity contribution >= 4 is 38.1 Å². The lowest BCUT2D eigenvalue weighted by atomic mass is 9.90.